The Morgan fingerprint density at radius 2 is 1.75 bits per heavy atom. The Bertz CT molecular complexity index is 667. The van der Waals surface area contributed by atoms with Gasteiger partial charge >= 0.3 is 0 Å². The zero-order valence-corrected chi connectivity index (χ0v) is 14.7. The van der Waals surface area contributed by atoms with Crippen LogP contribution in [0.2, 0.25) is 0 Å². The molecule has 0 N–H and O–H groups in total. The third kappa shape index (κ3) is 3.54. The predicted octanol–water partition coefficient (Wildman–Crippen LogP) is 1.66. The van der Waals surface area contributed by atoms with Crippen LogP contribution in [0.15, 0.2) is 18.6 Å². The van der Waals surface area contributed by atoms with E-state index in [0.29, 0.717) is 0 Å². The summed E-state index contributed by atoms with van der Waals surface area (Å²) in [4.78, 5) is 9.83. The van der Waals surface area contributed by atoms with E-state index in [-0.39, 0.29) is 0 Å². The van der Waals surface area contributed by atoms with E-state index >= 15 is 0 Å². The lowest BCUT2D eigenvalue weighted by atomic mass is 10.1. The van der Waals surface area contributed by atoms with Crippen molar-refractivity contribution >= 4 is 0 Å². The molecule has 2 aromatic heterocycles. The Hall–Kier alpha value is -1.66. The molecule has 2 aliphatic heterocycles. The second kappa shape index (κ2) is 7.07. The number of likely N-dealkylation sites (tertiary alicyclic amines) is 1. The second-order valence-corrected chi connectivity index (χ2v) is 7.20. The first-order valence-electron chi connectivity index (χ1n) is 9.23. The van der Waals surface area contributed by atoms with Gasteiger partial charge in [0.1, 0.15) is 5.82 Å². The van der Waals surface area contributed by atoms with Gasteiger partial charge in [-0.3, -0.25) is 14.5 Å². The van der Waals surface area contributed by atoms with Crippen molar-refractivity contribution < 1.29 is 0 Å². The summed E-state index contributed by atoms with van der Waals surface area (Å²) >= 11 is 0. The molecule has 130 valence electrons. The normalized spacial score (nSPS) is 20.0. The molecule has 1 saturated heterocycles. The molecule has 0 atom stereocenters. The van der Waals surface area contributed by atoms with Gasteiger partial charge in [-0.2, -0.15) is 5.10 Å². The van der Waals surface area contributed by atoms with E-state index in [4.69, 9.17) is 4.98 Å². The van der Waals surface area contributed by atoms with E-state index in [9.17, 15) is 0 Å². The van der Waals surface area contributed by atoms with Crippen LogP contribution in [0.5, 0.6) is 0 Å². The monoisotopic (exact) mass is 328 g/mol. The van der Waals surface area contributed by atoms with Crippen LogP contribution in [0.4, 0.5) is 0 Å². The summed E-state index contributed by atoms with van der Waals surface area (Å²) < 4.78 is 4.35. The zero-order chi connectivity index (χ0) is 16.4. The van der Waals surface area contributed by atoms with Gasteiger partial charge < -0.3 is 4.57 Å². The molecule has 4 rings (SSSR count). The summed E-state index contributed by atoms with van der Waals surface area (Å²) in [6.07, 6.45) is 11.3. The average molecular weight is 328 g/mol. The Morgan fingerprint density at radius 1 is 0.917 bits per heavy atom. The van der Waals surface area contributed by atoms with E-state index < -0.39 is 0 Å². The second-order valence-electron chi connectivity index (χ2n) is 7.20. The van der Waals surface area contributed by atoms with Gasteiger partial charge in [0.2, 0.25) is 0 Å². The molecule has 0 radical (unpaired) electrons. The van der Waals surface area contributed by atoms with Crippen molar-refractivity contribution in [1.29, 1.82) is 0 Å². The number of nitrogens with zero attached hydrogens (tertiary/aromatic N) is 6. The number of fused-ring (bicyclic) bond motifs is 1. The Kier molecular flexibility index (Phi) is 4.67. The van der Waals surface area contributed by atoms with Crippen LogP contribution in [0.25, 0.3) is 0 Å². The highest BCUT2D eigenvalue weighted by molar-refractivity contribution is 5.09. The maximum absolute atomic E-state index is 4.72. The molecule has 0 aliphatic carbocycles. The number of aryl methyl sites for hydroxylation is 1. The minimum Gasteiger partial charge on any atom is -0.329 e. The summed E-state index contributed by atoms with van der Waals surface area (Å²) in [5.41, 5.74) is 2.70. The summed E-state index contributed by atoms with van der Waals surface area (Å²) in [7, 11) is 1.98. The summed E-state index contributed by atoms with van der Waals surface area (Å²) in [5.74, 6) is 1.26. The van der Waals surface area contributed by atoms with Crippen LogP contribution in [0.3, 0.4) is 0 Å². The molecule has 2 aliphatic rings. The van der Waals surface area contributed by atoms with Crippen LogP contribution in [-0.2, 0) is 33.1 Å². The van der Waals surface area contributed by atoms with Gasteiger partial charge in [0, 0.05) is 64.1 Å². The topological polar surface area (TPSA) is 42.1 Å². The van der Waals surface area contributed by atoms with Gasteiger partial charge in [0.25, 0.3) is 0 Å². The first-order chi connectivity index (χ1) is 11.8. The van der Waals surface area contributed by atoms with Gasteiger partial charge in [-0.15, -0.1) is 0 Å². The maximum atomic E-state index is 4.72. The van der Waals surface area contributed by atoms with Crippen molar-refractivity contribution in [3.8, 4) is 0 Å². The number of hydrogen-bond acceptors (Lipinski definition) is 4. The van der Waals surface area contributed by atoms with Gasteiger partial charge in [0.15, 0.2) is 0 Å². The maximum Gasteiger partial charge on any atom is 0.110 e. The highest BCUT2D eigenvalue weighted by Crippen LogP contribution is 2.17. The Labute approximate surface area is 144 Å². The van der Waals surface area contributed by atoms with Gasteiger partial charge in [0.05, 0.1) is 11.9 Å². The largest absolute Gasteiger partial charge is 0.329 e. The predicted molar refractivity (Wildman–Crippen MR) is 93.5 cm³/mol. The summed E-state index contributed by atoms with van der Waals surface area (Å²) in [5, 5.41) is 4.28. The van der Waals surface area contributed by atoms with Crippen LogP contribution in [0, 0.1) is 0 Å². The SMILES string of the molecule is Cn1cc(CN2CCc3ncc(CN4CCCCC4)n3CC2)cn1. The lowest BCUT2D eigenvalue weighted by Crippen LogP contribution is -2.30. The lowest BCUT2D eigenvalue weighted by molar-refractivity contribution is 0.214. The number of aromatic nitrogens is 4. The molecule has 24 heavy (non-hydrogen) atoms. The molecule has 4 heterocycles. The third-order valence-corrected chi connectivity index (χ3v) is 5.31. The smallest absolute Gasteiger partial charge is 0.110 e. The number of piperidine rings is 1. The van der Waals surface area contributed by atoms with Crippen molar-refractivity contribution in [3.05, 3.63) is 35.7 Å². The lowest BCUT2D eigenvalue weighted by Gasteiger charge is -2.26. The van der Waals surface area contributed by atoms with E-state index in [1.807, 2.05) is 17.9 Å². The average Bonchev–Trinajstić information content (AvgIpc) is 3.11. The summed E-state index contributed by atoms with van der Waals surface area (Å²) in [6, 6.07) is 0. The summed E-state index contributed by atoms with van der Waals surface area (Å²) in [6.45, 7) is 7.76. The van der Waals surface area contributed by atoms with Crippen molar-refractivity contribution in [2.75, 3.05) is 26.2 Å². The molecule has 0 unspecified atom stereocenters. The third-order valence-electron chi connectivity index (χ3n) is 5.31. The van der Waals surface area contributed by atoms with Crippen LogP contribution >= 0.6 is 0 Å². The molecule has 1 fully saturated rings. The minimum absolute atomic E-state index is 0.986. The zero-order valence-electron chi connectivity index (χ0n) is 14.7. The molecule has 0 saturated carbocycles. The quantitative estimate of drug-likeness (QED) is 0.856. The molecule has 6 heteroatoms. The van der Waals surface area contributed by atoms with Crippen molar-refractivity contribution in [2.45, 2.75) is 45.3 Å². The standard InChI is InChI=1S/C18H28N6/c1-21-13-16(11-20-21)14-23-8-5-18-19-12-17(24(18)10-9-23)15-22-6-3-2-4-7-22/h11-13H,2-10,14-15H2,1H3. The highest BCUT2D eigenvalue weighted by atomic mass is 15.3. The molecule has 6 nitrogen and oxygen atoms in total. The number of hydrogen-bond donors (Lipinski definition) is 0. The fourth-order valence-electron chi connectivity index (χ4n) is 3.98. The molecule has 0 spiro atoms. The van der Waals surface area contributed by atoms with Crippen LogP contribution < -0.4 is 0 Å². The molecular formula is C18H28N6. The van der Waals surface area contributed by atoms with Crippen molar-refractivity contribution in [2.24, 2.45) is 7.05 Å². The van der Waals surface area contributed by atoms with Gasteiger partial charge in [-0.05, 0) is 25.9 Å². The van der Waals surface area contributed by atoms with E-state index in [0.717, 1.165) is 39.1 Å². The number of imidazole rings is 1. The molecule has 0 amide bonds. The minimum atomic E-state index is 0.986. The highest BCUT2D eigenvalue weighted by Gasteiger charge is 2.19. The fraction of sp³-hybridized carbons (Fsp3) is 0.667. The van der Waals surface area contributed by atoms with E-state index in [2.05, 4.69) is 31.9 Å². The molecule has 0 aromatic carbocycles. The van der Waals surface area contributed by atoms with Crippen LogP contribution in [0.1, 0.15) is 36.3 Å². The Balaban J connectivity index is 1.39. The van der Waals surface area contributed by atoms with E-state index in [1.54, 1.807) is 0 Å². The molecule has 0 bridgehead atoms. The van der Waals surface area contributed by atoms with Gasteiger partial charge in [-0.1, -0.05) is 6.42 Å². The van der Waals surface area contributed by atoms with E-state index in [1.165, 1.54) is 49.4 Å². The first-order valence-corrected chi connectivity index (χ1v) is 9.23. The molecular weight excluding hydrogens is 300 g/mol. The van der Waals surface area contributed by atoms with Crippen molar-refractivity contribution in [3.63, 3.8) is 0 Å². The van der Waals surface area contributed by atoms with Crippen LogP contribution in [-0.4, -0.2) is 55.3 Å². The Morgan fingerprint density at radius 3 is 2.54 bits per heavy atom. The van der Waals surface area contributed by atoms with Gasteiger partial charge in [-0.25, -0.2) is 4.98 Å². The fourth-order valence-corrected chi connectivity index (χ4v) is 3.98. The first kappa shape index (κ1) is 15.8. The molecule has 2 aromatic rings. The number of rotatable bonds is 4. The van der Waals surface area contributed by atoms with Crippen molar-refractivity contribution in [1.82, 2.24) is 29.1 Å².